The molecule has 2 nitrogen and oxygen atoms in total. The largest absolute Gasteiger partial charge is 0.330 e. The highest BCUT2D eigenvalue weighted by Crippen LogP contribution is 2.08. The molecule has 2 N–H and O–H groups in total. The Bertz CT molecular complexity index is 261. The van der Waals surface area contributed by atoms with Gasteiger partial charge in [-0.1, -0.05) is 0 Å². The van der Waals surface area contributed by atoms with Gasteiger partial charge in [0.05, 0.1) is 0 Å². The van der Waals surface area contributed by atoms with Crippen molar-refractivity contribution >= 4 is 0 Å². The van der Waals surface area contributed by atoms with Crippen molar-refractivity contribution in [3.63, 3.8) is 0 Å². The van der Waals surface area contributed by atoms with E-state index in [9.17, 15) is 4.39 Å². The second-order valence-electron chi connectivity index (χ2n) is 2.81. The lowest BCUT2D eigenvalue weighted by Gasteiger charge is -2.01. The van der Waals surface area contributed by atoms with E-state index < -0.39 is 0 Å². The third kappa shape index (κ3) is 2.27. The molecule has 3 heteroatoms. The molecule has 1 rings (SSSR count). The van der Waals surface area contributed by atoms with Crippen molar-refractivity contribution in [3.8, 4) is 0 Å². The van der Waals surface area contributed by atoms with Crippen LogP contribution in [0.15, 0.2) is 12.3 Å². The Morgan fingerprint density at radius 2 is 2.33 bits per heavy atom. The molecule has 1 aromatic heterocycles. The molecule has 0 unspecified atom stereocenters. The van der Waals surface area contributed by atoms with Crippen LogP contribution < -0.4 is 5.73 Å². The van der Waals surface area contributed by atoms with E-state index in [2.05, 4.69) is 4.98 Å². The lowest BCUT2D eigenvalue weighted by atomic mass is 10.1. The van der Waals surface area contributed by atoms with Crippen LogP contribution in [0, 0.1) is 12.7 Å². The molecule has 0 saturated heterocycles. The fourth-order valence-corrected chi connectivity index (χ4v) is 1.03. The predicted molar refractivity (Wildman–Crippen MR) is 46.3 cm³/mol. The van der Waals surface area contributed by atoms with Gasteiger partial charge in [-0.25, -0.2) is 4.39 Å². The van der Waals surface area contributed by atoms with Crippen LogP contribution in [0.25, 0.3) is 0 Å². The zero-order chi connectivity index (χ0) is 8.97. The van der Waals surface area contributed by atoms with Crippen molar-refractivity contribution in [2.24, 2.45) is 5.73 Å². The number of hydrogen-bond donors (Lipinski definition) is 1. The molecule has 0 amide bonds. The van der Waals surface area contributed by atoms with Crippen molar-refractivity contribution in [1.29, 1.82) is 0 Å². The van der Waals surface area contributed by atoms with Gasteiger partial charge in [0.25, 0.3) is 0 Å². The summed E-state index contributed by atoms with van der Waals surface area (Å²) in [6.45, 7) is 2.36. The average Bonchev–Trinajstić information content (AvgIpc) is 2.03. The predicted octanol–water partition coefficient (Wildman–Crippen LogP) is 1.42. The van der Waals surface area contributed by atoms with Crippen LogP contribution in [0.2, 0.25) is 0 Å². The van der Waals surface area contributed by atoms with Crippen molar-refractivity contribution in [2.75, 3.05) is 6.54 Å². The van der Waals surface area contributed by atoms with Gasteiger partial charge in [-0.15, -0.1) is 0 Å². The molecule has 0 saturated carbocycles. The second-order valence-corrected chi connectivity index (χ2v) is 2.81. The molecule has 0 bridgehead atoms. The van der Waals surface area contributed by atoms with Gasteiger partial charge in [-0.2, -0.15) is 0 Å². The molecule has 0 fully saturated rings. The van der Waals surface area contributed by atoms with Crippen molar-refractivity contribution in [1.82, 2.24) is 4.98 Å². The topological polar surface area (TPSA) is 38.9 Å². The fraction of sp³-hybridized carbons (Fsp3) is 0.444. The molecule has 66 valence electrons. The highest BCUT2D eigenvalue weighted by atomic mass is 19.1. The van der Waals surface area contributed by atoms with Gasteiger partial charge in [0, 0.05) is 17.5 Å². The van der Waals surface area contributed by atoms with Crippen LogP contribution in [0.3, 0.4) is 0 Å². The number of aromatic nitrogens is 1. The molecule has 1 aromatic rings. The summed E-state index contributed by atoms with van der Waals surface area (Å²) in [5, 5.41) is 0. The Hall–Kier alpha value is -0.960. The highest BCUT2D eigenvalue weighted by molar-refractivity contribution is 5.15. The summed E-state index contributed by atoms with van der Waals surface area (Å²) in [5.41, 5.74) is 6.68. The van der Waals surface area contributed by atoms with Crippen LogP contribution >= 0.6 is 0 Å². The van der Waals surface area contributed by atoms with Crippen LogP contribution in [0.5, 0.6) is 0 Å². The average molecular weight is 168 g/mol. The molecule has 0 aliphatic rings. The molecule has 12 heavy (non-hydrogen) atoms. The van der Waals surface area contributed by atoms with Gasteiger partial charge >= 0.3 is 0 Å². The molecular formula is C9H13FN2. The first-order valence-electron chi connectivity index (χ1n) is 4.05. The van der Waals surface area contributed by atoms with E-state index in [4.69, 9.17) is 5.73 Å². The van der Waals surface area contributed by atoms with Crippen LogP contribution in [0.1, 0.15) is 17.7 Å². The van der Waals surface area contributed by atoms with E-state index in [1.54, 1.807) is 13.1 Å². The van der Waals surface area contributed by atoms with Crippen LogP contribution in [-0.4, -0.2) is 11.5 Å². The number of aryl methyl sites for hydroxylation is 2. The Kier molecular flexibility index (Phi) is 3.17. The van der Waals surface area contributed by atoms with E-state index in [0.717, 1.165) is 6.42 Å². The van der Waals surface area contributed by atoms with Gasteiger partial charge in [0.15, 0.2) is 0 Å². The van der Waals surface area contributed by atoms with Gasteiger partial charge in [-0.3, -0.25) is 4.98 Å². The third-order valence-corrected chi connectivity index (χ3v) is 1.72. The molecule has 0 radical (unpaired) electrons. The molecule has 0 atom stereocenters. The van der Waals surface area contributed by atoms with E-state index >= 15 is 0 Å². The lowest BCUT2D eigenvalue weighted by molar-refractivity contribution is 0.600. The lowest BCUT2D eigenvalue weighted by Crippen LogP contribution is -2.02. The van der Waals surface area contributed by atoms with E-state index in [1.165, 1.54) is 6.07 Å². The number of halogens is 1. The van der Waals surface area contributed by atoms with E-state index in [1.807, 2.05) is 0 Å². The van der Waals surface area contributed by atoms with Crippen molar-refractivity contribution < 1.29 is 4.39 Å². The molecule has 1 heterocycles. The second kappa shape index (κ2) is 4.16. The molecule has 0 aromatic carbocycles. The Morgan fingerprint density at radius 3 is 2.92 bits per heavy atom. The number of nitrogens with two attached hydrogens (primary N) is 1. The monoisotopic (exact) mass is 168 g/mol. The third-order valence-electron chi connectivity index (χ3n) is 1.72. The van der Waals surface area contributed by atoms with Gasteiger partial charge in [0.1, 0.15) is 5.82 Å². The minimum atomic E-state index is -0.170. The first-order valence-corrected chi connectivity index (χ1v) is 4.05. The maximum Gasteiger partial charge on any atom is 0.129 e. The maximum atomic E-state index is 13.1. The summed E-state index contributed by atoms with van der Waals surface area (Å²) in [7, 11) is 0. The van der Waals surface area contributed by atoms with Crippen LogP contribution in [0.4, 0.5) is 4.39 Å². The highest BCUT2D eigenvalue weighted by Gasteiger charge is 2.01. The summed E-state index contributed by atoms with van der Waals surface area (Å²) in [6, 6.07) is 1.45. The Morgan fingerprint density at radius 1 is 1.58 bits per heavy atom. The van der Waals surface area contributed by atoms with E-state index in [-0.39, 0.29) is 5.82 Å². The zero-order valence-electron chi connectivity index (χ0n) is 7.18. The van der Waals surface area contributed by atoms with Crippen molar-refractivity contribution in [3.05, 3.63) is 29.3 Å². The Labute approximate surface area is 71.6 Å². The number of hydrogen-bond acceptors (Lipinski definition) is 2. The standard InChI is InChI=1S/C9H13FN2/c1-7-5-9(10)8(6-12-7)3-2-4-11/h5-6H,2-4,11H2,1H3. The fourth-order valence-electron chi connectivity index (χ4n) is 1.03. The van der Waals surface area contributed by atoms with Gasteiger partial charge in [-0.05, 0) is 32.4 Å². The normalized spacial score (nSPS) is 10.2. The summed E-state index contributed by atoms with van der Waals surface area (Å²) in [5.74, 6) is -0.170. The quantitative estimate of drug-likeness (QED) is 0.741. The van der Waals surface area contributed by atoms with E-state index in [0.29, 0.717) is 24.2 Å². The Balaban J connectivity index is 2.72. The SMILES string of the molecule is Cc1cc(F)c(CCCN)cn1. The molecular weight excluding hydrogens is 155 g/mol. The smallest absolute Gasteiger partial charge is 0.129 e. The first kappa shape index (κ1) is 9.13. The van der Waals surface area contributed by atoms with Crippen LogP contribution in [-0.2, 0) is 6.42 Å². The molecule has 0 spiro atoms. The maximum absolute atomic E-state index is 13.1. The van der Waals surface area contributed by atoms with Gasteiger partial charge < -0.3 is 5.73 Å². The first-order chi connectivity index (χ1) is 5.74. The number of rotatable bonds is 3. The minimum Gasteiger partial charge on any atom is -0.330 e. The number of pyridine rings is 1. The zero-order valence-corrected chi connectivity index (χ0v) is 7.18. The van der Waals surface area contributed by atoms with Gasteiger partial charge in [0.2, 0.25) is 0 Å². The molecule has 0 aliphatic heterocycles. The minimum absolute atomic E-state index is 0.170. The summed E-state index contributed by atoms with van der Waals surface area (Å²) in [4.78, 5) is 4.01. The summed E-state index contributed by atoms with van der Waals surface area (Å²) in [6.07, 6.45) is 3.07. The summed E-state index contributed by atoms with van der Waals surface area (Å²) < 4.78 is 13.1. The molecule has 0 aliphatic carbocycles. The van der Waals surface area contributed by atoms with Crippen molar-refractivity contribution in [2.45, 2.75) is 19.8 Å². The number of nitrogens with zero attached hydrogens (tertiary/aromatic N) is 1. The summed E-state index contributed by atoms with van der Waals surface area (Å²) >= 11 is 0.